The van der Waals surface area contributed by atoms with Crippen LogP contribution in [0.4, 0.5) is 0 Å². The van der Waals surface area contributed by atoms with E-state index in [1.807, 2.05) is 0 Å². The number of nitrogens with zero attached hydrogens (tertiary/aromatic N) is 2. The average Bonchev–Trinajstić information content (AvgIpc) is 2.94. The summed E-state index contributed by atoms with van der Waals surface area (Å²) in [5.74, 6) is 0.310. The maximum atomic E-state index is 13.2. The molecule has 2 fully saturated rings. The van der Waals surface area contributed by atoms with E-state index in [4.69, 9.17) is 4.74 Å². The van der Waals surface area contributed by atoms with Crippen molar-refractivity contribution >= 4 is 16.0 Å². The second-order valence-corrected chi connectivity index (χ2v) is 9.94. The summed E-state index contributed by atoms with van der Waals surface area (Å²) in [5, 5.41) is 0. The molecule has 28 heavy (non-hydrogen) atoms. The van der Waals surface area contributed by atoms with Gasteiger partial charge in [-0.05, 0) is 62.4 Å². The van der Waals surface area contributed by atoms with Crippen LogP contribution in [0.1, 0.15) is 54.4 Å². The Hall–Kier alpha value is -1.44. The molecule has 0 aromatic heterocycles. The minimum Gasteiger partial charge on any atom is -0.465 e. The zero-order valence-corrected chi connectivity index (χ0v) is 17.8. The van der Waals surface area contributed by atoms with Gasteiger partial charge in [-0.15, -0.1) is 0 Å². The summed E-state index contributed by atoms with van der Waals surface area (Å²) in [7, 11) is -2.25. The van der Waals surface area contributed by atoms with Crippen molar-refractivity contribution in [2.45, 2.75) is 50.3 Å². The van der Waals surface area contributed by atoms with Crippen molar-refractivity contribution in [2.75, 3.05) is 39.8 Å². The van der Waals surface area contributed by atoms with Crippen LogP contribution in [0.15, 0.2) is 23.1 Å². The number of ether oxygens (including phenoxy) is 1. The van der Waals surface area contributed by atoms with Crippen molar-refractivity contribution in [1.29, 1.82) is 0 Å². The highest BCUT2D eigenvalue weighted by Gasteiger charge is 2.29. The molecule has 6 nitrogen and oxygen atoms in total. The molecule has 0 atom stereocenters. The Bertz CT molecular complexity index is 788. The van der Waals surface area contributed by atoms with E-state index in [2.05, 4.69) is 4.90 Å². The lowest BCUT2D eigenvalue weighted by Crippen LogP contribution is -2.37. The lowest BCUT2D eigenvalue weighted by molar-refractivity contribution is 0.0600. The van der Waals surface area contributed by atoms with Crippen LogP contribution in [0.5, 0.6) is 0 Å². The van der Waals surface area contributed by atoms with Crippen LogP contribution in [0.2, 0.25) is 0 Å². The zero-order valence-electron chi connectivity index (χ0n) is 17.0. The topological polar surface area (TPSA) is 66.9 Å². The number of hydrogen-bond donors (Lipinski definition) is 0. The molecule has 0 bridgehead atoms. The van der Waals surface area contributed by atoms with Gasteiger partial charge in [-0.3, -0.25) is 0 Å². The fourth-order valence-electron chi connectivity index (χ4n) is 4.43. The van der Waals surface area contributed by atoms with Gasteiger partial charge in [0.05, 0.1) is 17.6 Å². The molecular weight excluding hydrogens is 376 g/mol. The third-order valence-corrected chi connectivity index (χ3v) is 8.06. The minimum atomic E-state index is -3.57. The maximum absolute atomic E-state index is 13.2. The summed E-state index contributed by atoms with van der Waals surface area (Å²) in [5.41, 5.74) is 0.944. The summed E-state index contributed by atoms with van der Waals surface area (Å²) >= 11 is 0. The van der Waals surface area contributed by atoms with Crippen LogP contribution >= 0.6 is 0 Å². The van der Waals surface area contributed by atoms with Gasteiger partial charge in [-0.1, -0.05) is 19.3 Å². The van der Waals surface area contributed by atoms with E-state index in [-0.39, 0.29) is 4.90 Å². The number of carbonyl (C=O) groups is 1. The Morgan fingerprint density at radius 2 is 1.82 bits per heavy atom. The van der Waals surface area contributed by atoms with E-state index < -0.39 is 16.0 Å². The lowest BCUT2D eigenvalue weighted by atomic mass is 9.89. The van der Waals surface area contributed by atoms with Gasteiger partial charge >= 0.3 is 5.97 Å². The van der Waals surface area contributed by atoms with Crippen LogP contribution < -0.4 is 0 Å². The molecule has 0 unspecified atom stereocenters. The largest absolute Gasteiger partial charge is 0.465 e. The van der Waals surface area contributed by atoms with E-state index in [1.165, 1.54) is 51.3 Å². The van der Waals surface area contributed by atoms with Crippen molar-refractivity contribution < 1.29 is 17.9 Å². The third-order valence-electron chi connectivity index (χ3n) is 6.00. The van der Waals surface area contributed by atoms with E-state index in [0.29, 0.717) is 24.2 Å². The van der Waals surface area contributed by atoms with Crippen LogP contribution in [0.3, 0.4) is 0 Å². The molecule has 1 saturated heterocycles. The van der Waals surface area contributed by atoms with E-state index in [1.54, 1.807) is 17.3 Å². The molecule has 1 aromatic carbocycles. The summed E-state index contributed by atoms with van der Waals surface area (Å²) in [6.45, 7) is 5.64. The Morgan fingerprint density at radius 1 is 1.07 bits per heavy atom. The summed E-state index contributed by atoms with van der Waals surface area (Å²) < 4.78 is 32.7. The van der Waals surface area contributed by atoms with Gasteiger partial charge in [-0.25, -0.2) is 13.2 Å². The molecule has 1 aromatic rings. The van der Waals surface area contributed by atoms with Gasteiger partial charge in [0.15, 0.2) is 0 Å². The van der Waals surface area contributed by atoms with Crippen molar-refractivity contribution in [1.82, 2.24) is 9.21 Å². The van der Waals surface area contributed by atoms with Crippen molar-refractivity contribution in [3.05, 3.63) is 29.3 Å². The number of aryl methyl sites for hydroxylation is 1. The molecule has 2 aliphatic rings. The third kappa shape index (κ3) is 4.93. The Balaban J connectivity index is 1.67. The number of esters is 1. The van der Waals surface area contributed by atoms with E-state index >= 15 is 0 Å². The molecule has 1 aliphatic carbocycles. The maximum Gasteiger partial charge on any atom is 0.337 e. The van der Waals surface area contributed by atoms with Gasteiger partial charge in [0.2, 0.25) is 10.0 Å². The van der Waals surface area contributed by atoms with E-state index in [9.17, 15) is 13.2 Å². The standard InChI is InChI=1S/C21H32N2O4S/c1-17-15-19(21(24)27-2)9-10-20(17)28(25,26)23-12-6-11-22(13-14-23)16-18-7-4-3-5-8-18/h9-10,15,18H,3-8,11-14,16H2,1-2H3. The van der Waals surface area contributed by atoms with Crippen molar-refractivity contribution in [2.24, 2.45) is 5.92 Å². The summed E-state index contributed by atoms with van der Waals surface area (Å²) in [6, 6.07) is 4.65. The first-order valence-corrected chi connectivity index (χ1v) is 11.8. The fraction of sp³-hybridized carbons (Fsp3) is 0.667. The van der Waals surface area contributed by atoms with Crippen molar-refractivity contribution in [3.8, 4) is 0 Å². The predicted octanol–water partition coefficient (Wildman–Crippen LogP) is 3.06. The SMILES string of the molecule is COC(=O)c1ccc(S(=O)(=O)N2CCCN(CC3CCCCC3)CC2)c(C)c1. The van der Waals surface area contributed by atoms with Crippen LogP contribution in [0.25, 0.3) is 0 Å². The molecule has 1 aliphatic heterocycles. The molecule has 1 heterocycles. The second kappa shape index (κ2) is 9.37. The lowest BCUT2D eigenvalue weighted by Gasteiger charge is -2.28. The van der Waals surface area contributed by atoms with Crippen LogP contribution in [0, 0.1) is 12.8 Å². The quantitative estimate of drug-likeness (QED) is 0.701. The second-order valence-electron chi connectivity index (χ2n) is 8.03. The van der Waals surface area contributed by atoms with Gasteiger partial charge < -0.3 is 9.64 Å². The smallest absolute Gasteiger partial charge is 0.337 e. The Kier molecular flexibility index (Phi) is 7.12. The van der Waals surface area contributed by atoms with Gasteiger partial charge in [0.1, 0.15) is 0 Å². The predicted molar refractivity (Wildman–Crippen MR) is 109 cm³/mol. The molecule has 0 N–H and O–H groups in total. The first-order chi connectivity index (χ1) is 13.4. The van der Waals surface area contributed by atoms with E-state index in [0.717, 1.165) is 32.0 Å². The van der Waals surface area contributed by atoms with Crippen LogP contribution in [-0.2, 0) is 14.8 Å². The normalized spacial score (nSPS) is 20.6. The highest BCUT2D eigenvalue weighted by Crippen LogP contribution is 2.26. The molecular formula is C21H32N2O4S. The van der Waals surface area contributed by atoms with Crippen LogP contribution in [-0.4, -0.2) is 63.4 Å². The van der Waals surface area contributed by atoms with Crippen molar-refractivity contribution in [3.63, 3.8) is 0 Å². The number of benzene rings is 1. The van der Waals surface area contributed by atoms with Gasteiger partial charge in [0.25, 0.3) is 0 Å². The van der Waals surface area contributed by atoms with Gasteiger partial charge in [0, 0.05) is 26.2 Å². The molecule has 3 rings (SSSR count). The monoisotopic (exact) mass is 408 g/mol. The molecule has 0 spiro atoms. The first-order valence-electron chi connectivity index (χ1n) is 10.3. The highest BCUT2D eigenvalue weighted by molar-refractivity contribution is 7.89. The molecule has 1 saturated carbocycles. The summed E-state index contributed by atoms with van der Waals surface area (Å²) in [4.78, 5) is 14.4. The highest BCUT2D eigenvalue weighted by atomic mass is 32.2. The number of sulfonamides is 1. The minimum absolute atomic E-state index is 0.279. The molecule has 156 valence electrons. The number of methoxy groups -OCH3 is 1. The summed E-state index contributed by atoms with van der Waals surface area (Å²) in [6.07, 6.45) is 7.50. The fourth-order valence-corrected chi connectivity index (χ4v) is 6.10. The Morgan fingerprint density at radius 3 is 2.50 bits per heavy atom. The number of hydrogen-bond acceptors (Lipinski definition) is 5. The zero-order chi connectivity index (χ0) is 20.1. The average molecular weight is 409 g/mol. The molecule has 7 heteroatoms. The Labute approximate surface area is 168 Å². The molecule has 0 radical (unpaired) electrons. The molecule has 0 amide bonds. The van der Waals surface area contributed by atoms with Gasteiger partial charge in [-0.2, -0.15) is 4.31 Å². The number of rotatable bonds is 5. The first kappa shape index (κ1) is 21.3. The number of carbonyl (C=O) groups excluding carboxylic acids is 1.